The highest BCUT2D eigenvalue weighted by Gasteiger charge is 2.38. The molecule has 1 saturated heterocycles. The Bertz CT molecular complexity index is 523. The van der Waals surface area contributed by atoms with Crippen LogP contribution < -0.4 is 5.73 Å². The van der Waals surface area contributed by atoms with E-state index in [0.717, 1.165) is 25.6 Å². The highest BCUT2D eigenvalue weighted by Crippen LogP contribution is 2.36. The first-order valence-electron chi connectivity index (χ1n) is 7.82. The number of carbonyl (C=O) groups excluding carboxylic acids is 1. The molecule has 1 aliphatic heterocycles. The monoisotopic (exact) mass is 324 g/mol. The first-order valence-corrected chi connectivity index (χ1v) is 7.82. The van der Waals surface area contributed by atoms with Crippen molar-refractivity contribution in [2.24, 2.45) is 17.6 Å². The van der Waals surface area contributed by atoms with Gasteiger partial charge in [-0.3, -0.25) is 4.90 Å². The SMILES string of the molecule is COC(=O)c1cccc(CN2CC3CCCC(N)C3C2)c1.Cl. The number of benzene rings is 1. The number of nitrogens with zero attached hydrogens (tertiary/aromatic N) is 1. The van der Waals surface area contributed by atoms with Gasteiger partial charge in [-0.15, -0.1) is 12.4 Å². The van der Waals surface area contributed by atoms with Crippen molar-refractivity contribution in [3.63, 3.8) is 0 Å². The van der Waals surface area contributed by atoms with Crippen molar-refractivity contribution in [1.82, 2.24) is 4.90 Å². The minimum Gasteiger partial charge on any atom is -0.465 e. The van der Waals surface area contributed by atoms with Crippen molar-refractivity contribution in [3.8, 4) is 0 Å². The zero-order chi connectivity index (χ0) is 14.8. The summed E-state index contributed by atoms with van der Waals surface area (Å²) in [5, 5.41) is 0. The summed E-state index contributed by atoms with van der Waals surface area (Å²) in [5.74, 6) is 1.15. The Kier molecular flexibility index (Phi) is 5.84. The van der Waals surface area contributed by atoms with Crippen molar-refractivity contribution in [3.05, 3.63) is 35.4 Å². The summed E-state index contributed by atoms with van der Waals surface area (Å²) < 4.78 is 4.78. The lowest BCUT2D eigenvalue weighted by Gasteiger charge is -2.29. The molecule has 1 aromatic rings. The summed E-state index contributed by atoms with van der Waals surface area (Å²) in [6.07, 6.45) is 3.76. The average Bonchev–Trinajstić information content (AvgIpc) is 2.90. The summed E-state index contributed by atoms with van der Waals surface area (Å²) in [4.78, 5) is 14.1. The number of rotatable bonds is 3. The Labute approximate surface area is 138 Å². The van der Waals surface area contributed by atoms with E-state index in [-0.39, 0.29) is 18.4 Å². The van der Waals surface area contributed by atoms with E-state index in [9.17, 15) is 4.79 Å². The van der Waals surface area contributed by atoms with Gasteiger partial charge < -0.3 is 10.5 Å². The maximum atomic E-state index is 11.6. The fraction of sp³-hybridized carbons (Fsp3) is 0.588. The number of ether oxygens (including phenoxy) is 1. The van der Waals surface area contributed by atoms with Crippen LogP contribution in [-0.4, -0.2) is 37.1 Å². The molecule has 1 heterocycles. The van der Waals surface area contributed by atoms with Gasteiger partial charge in [-0.2, -0.15) is 0 Å². The van der Waals surface area contributed by atoms with Crippen molar-refractivity contribution in [2.75, 3.05) is 20.2 Å². The predicted molar refractivity (Wildman–Crippen MR) is 89.1 cm³/mol. The lowest BCUT2D eigenvalue weighted by Crippen LogP contribution is -2.38. The molecule has 1 aliphatic carbocycles. The molecular formula is C17H25ClN2O2. The first-order chi connectivity index (χ1) is 10.2. The number of carbonyl (C=O) groups is 1. The van der Waals surface area contributed by atoms with Gasteiger partial charge in [0.1, 0.15) is 0 Å². The Hall–Kier alpha value is -1.10. The number of esters is 1. The molecule has 2 aliphatic rings. The van der Waals surface area contributed by atoms with Crippen LogP contribution in [0.1, 0.15) is 35.2 Å². The second-order valence-electron chi connectivity index (χ2n) is 6.40. The van der Waals surface area contributed by atoms with Crippen LogP contribution in [0.3, 0.4) is 0 Å². The van der Waals surface area contributed by atoms with Gasteiger partial charge in [0.05, 0.1) is 12.7 Å². The van der Waals surface area contributed by atoms with Gasteiger partial charge in [0.2, 0.25) is 0 Å². The van der Waals surface area contributed by atoms with E-state index >= 15 is 0 Å². The van der Waals surface area contributed by atoms with E-state index in [1.54, 1.807) is 6.07 Å². The molecule has 3 unspecified atom stereocenters. The zero-order valence-electron chi connectivity index (χ0n) is 13.0. The molecule has 0 spiro atoms. The number of nitrogens with two attached hydrogens (primary N) is 1. The molecule has 0 aromatic heterocycles. The van der Waals surface area contributed by atoms with E-state index in [1.165, 1.54) is 31.9 Å². The zero-order valence-corrected chi connectivity index (χ0v) is 13.8. The molecule has 3 atom stereocenters. The second kappa shape index (κ2) is 7.44. The van der Waals surface area contributed by atoms with E-state index in [4.69, 9.17) is 10.5 Å². The smallest absolute Gasteiger partial charge is 0.337 e. The van der Waals surface area contributed by atoms with E-state index in [1.807, 2.05) is 12.1 Å². The minimum atomic E-state index is -0.269. The third kappa shape index (κ3) is 3.62. The third-order valence-corrected chi connectivity index (χ3v) is 4.98. The molecular weight excluding hydrogens is 300 g/mol. The molecule has 1 aromatic carbocycles. The number of hydrogen-bond acceptors (Lipinski definition) is 4. The molecule has 2 fully saturated rings. The highest BCUT2D eigenvalue weighted by molar-refractivity contribution is 5.89. The van der Waals surface area contributed by atoms with Crippen LogP contribution in [-0.2, 0) is 11.3 Å². The number of hydrogen-bond donors (Lipinski definition) is 1. The van der Waals surface area contributed by atoms with Gasteiger partial charge in [-0.1, -0.05) is 18.6 Å². The molecule has 122 valence electrons. The van der Waals surface area contributed by atoms with Crippen LogP contribution in [0.2, 0.25) is 0 Å². The maximum absolute atomic E-state index is 11.6. The van der Waals surface area contributed by atoms with Crippen LogP contribution in [0.25, 0.3) is 0 Å². The van der Waals surface area contributed by atoms with Crippen molar-refractivity contribution in [1.29, 1.82) is 0 Å². The van der Waals surface area contributed by atoms with Gasteiger partial charge in [-0.25, -0.2) is 4.79 Å². The normalized spacial score (nSPS) is 27.8. The Morgan fingerprint density at radius 3 is 2.91 bits per heavy atom. The summed E-state index contributed by atoms with van der Waals surface area (Å²) in [6, 6.07) is 8.11. The molecule has 3 rings (SSSR count). The van der Waals surface area contributed by atoms with E-state index in [0.29, 0.717) is 17.5 Å². The molecule has 4 nitrogen and oxygen atoms in total. The van der Waals surface area contributed by atoms with Crippen molar-refractivity contribution < 1.29 is 9.53 Å². The van der Waals surface area contributed by atoms with Gasteiger partial charge in [0, 0.05) is 25.7 Å². The molecule has 2 N–H and O–H groups in total. The minimum absolute atomic E-state index is 0. The summed E-state index contributed by atoms with van der Waals surface area (Å²) in [7, 11) is 1.42. The van der Waals surface area contributed by atoms with Crippen molar-refractivity contribution >= 4 is 18.4 Å². The standard InChI is InChI=1S/C17H24N2O2.ClH/c1-21-17(20)13-5-2-4-12(8-13)9-19-10-14-6-3-7-16(18)15(14)11-19;/h2,4-5,8,14-16H,3,6-7,9-11,18H2,1H3;1H. The largest absolute Gasteiger partial charge is 0.465 e. The number of likely N-dealkylation sites (tertiary alicyclic amines) is 1. The van der Waals surface area contributed by atoms with Gasteiger partial charge in [-0.05, 0) is 42.4 Å². The Morgan fingerprint density at radius 1 is 1.36 bits per heavy atom. The van der Waals surface area contributed by atoms with E-state index in [2.05, 4.69) is 11.0 Å². The summed E-state index contributed by atoms with van der Waals surface area (Å²) >= 11 is 0. The summed E-state index contributed by atoms with van der Waals surface area (Å²) in [5.41, 5.74) is 8.07. The van der Waals surface area contributed by atoms with Crippen LogP contribution in [0, 0.1) is 11.8 Å². The number of fused-ring (bicyclic) bond motifs is 1. The topological polar surface area (TPSA) is 55.6 Å². The van der Waals surface area contributed by atoms with Crippen LogP contribution in [0.5, 0.6) is 0 Å². The third-order valence-electron chi connectivity index (χ3n) is 4.98. The van der Waals surface area contributed by atoms with Gasteiger partial charge >= 0.3 is 5.97 Å². The Balaban J connectivity index is 0.00000176. The van der Waals surface area contributed by atoms with Gasteiger partial charge in [0.15, 0.2) is 0 Å². The average molecular weight is 325 g/mol. The van der Waals surface area contributed by atoms with Crippen molar-refractivity contribution in [2.45, 2.75) is 31.8 Å². The van der Waals surface area contributed by atoms with Crippen LogP contribution >= 0.6 is 12.4 Å². The fourth-order valence-electron chi connectivity index (χ4n) is 3.91. The number of halogens is 1. The maximum Gasteiger partial charge on any atom is 0.337 e. The molecule has 1 saturated carbocycles. The van der Waals surface area contributed by atoms with Gasteiger partial charge in [0.25, 0.3) is 0 Å². The lowest BCUT2D eigenvalue weighted by atomic mass is 9.78. The Morgan fingerprint density at radius 2 is 2.18 bits per heavy atom. The highest BCUT2D eigenvalue weighted by atomic mass is 35.5. The van der Waals surface area contributed by atoms with Crippen LogP contribution in [0.15, 0.2) is 24.3 Å². The molecule has 0 bridgehead atoms. The van der Waals surface area contributed by atoms with Crippen LogP contribution in [0.4, 0.5) is 0 Å². The first kappa shape index (κ1) is 17.3. The molecule has 22 heavy (non-hydrogen) atoms. The fourth-order valence-corrected chi connectivity index (χ4v) is 3.91. The van der Waals surface area contributed by atoms with E-state index < -0.39 is 0 Å². The number of methoxy groups -OCH3 is 1. The predicted octanol–water partition coefficient (Wildman–Crippen LogP) is 2.45. The molecule has 0 radical (unpaired) electrons. The molecule has 5 heteroatoms. The summed E-state index contributed by atoms with van der Waals surface area (Å²) in [6.45, 7) is 3.12. The lowest BCUT2D eigenvalue weighted by molar-refractivity contribution is 0.0600. The molecule has 0 amide bonds. The quantitative estimate of drug-likeness (QED) is 0.868. The second-order valence-corrected chi connectivity index (χ2v) is 6.40.